The minimum Gasteiger partial charge on any atom is -0.322 e. The highest BCUT2D eigenvalue weighted by Crippen LogP contribution is 2.50. The zero-order valence-electron chi connectivity index (χ0n) is 17.4. The zero-order chi connectivity index (χ0) is 23.9. The Bertz CT molecular complexity index is 1160. The summed E-state index contributed by atoms with van der Waals surface area (Å²) in [5, 5.41) is 2.02. The van der Waals surface area contributed by atoms with Gasteiger partial charge in [-0.25, -0.2) is 21.6 Å². The average Bonchev–Trinajstić information content (AvgIpc) is 3.04. The number of benzene rings is 2. The van der Waals surface area contributed by atoms with E-state index in [-0.39, 0.29) is 33.0 Å². The first-order chi connectivity index (χ1) is 15.6. The summed E-state index contributed by atoms with van der Waals surface area (Å²) in [5.74, 6) is -4.88. The summed E-state index contributed by atoms with van der Waals surface area (Å²) in [6.07, 6.45) is 3.16. The Morgan fingerprint density at radius 3 is 2.27 bits per heavy atom. The molecule has 2 unspecified atom stereocenters. The Hall–Kier alpha value is -1.75. The summed E-state index contributed by atoms with van der Waals surface area (Å²) < 4.78 is 67.3. The number of hydrogen-bond acceptors (Lipinski definition) is 5. The molecule has 5 nitrogen and oxygen atoms in total. The fourth-order valence-corrected chi connectivity index (χ4v) is 8.95. The number of nitrogens with two attached hydrogens (primary N) is 1. The van der Waals surface area contributed by atoms with Gasteiger partial charge in [-0.1, -0.05) is 11.6 Å². The van der Waals surface area contributed by atoms with Crippen LogP contribution in [0.1, 0.15) is 36.0 Å². The first-order valence-corrected chi connectivity index (χ1v) is 13.4. The van der Waals surface area contributed by atoms with Crippen LogP contribution in [0.5, 0.6) is 0 Å². The molecule has 2 aromatic carbocycles. The van der Waals surface area contributed by atoms with Gasteiger partial charge in [0.2, 0.25) is 0 Å². The van der Waals surface area contributed by atoms with Crippen LogP contribution in [0.3, 0.4) is 0 Å². The normalized spacial score (nSPS) is 24.6. The molecule has 2 aromatic rings. The first-order valence-electron chi connectivity index (χ1n) is 10.4. The van der Waals surface area contributed by atoms with Gasteiger partial charge in [0.1, 0.15) is 0 Å². The summed E-state index contributed by atoms with van der Waals surface area (Å²) >= 11 is 7.89. The molecule has 1 amide bonds. The summed E-state index contributed by atoms with van der Waals surface area (Å²) in [6.45, 7) is 0. The van der Waals surface area contributed by atoms with Crippen molar-refractivity contribution in [3.05, 3.63) is 58.4 Å². The molecule has 2 saturated carbocycles. The number of carbonyl (C=O) groups is 1. The number of anilines is 1. The van der Waals surface area contributed by atoms with Gasteiger partial charge in [-0.3, -0.25) is 4.79 Å². The highest BCUT2D eigenvalue weighted by Gasteiger charge is 2.50. The van der Waals surface area contributed by atoms with Crippen molar-refractivity contribution in [2.75, 3.05) is 11.2 Å². The lowest BCUT2D eigenvalue weighted by atomic mass is 9.88. The van der Waals surface area contributed by atoms with Gasteiger partial charge >= 0.3 is 0 Å². The van der Waals surface area contributed by atoms with Crippen LogP contribution in [0.2, 0.25) is 5.02 Å². The molecule has 33 heavy (non-hydrogen) atoms. The van der Waals surface area contributed by atoms with Crippen molar-refractivity contribution in [2.24, 2.45) is 17.6 Å². The highest BCUT2D eigenvalue weighted by molar-refractivity contribution is 7.99. The molecule has 0 saturated heterocycles. The summed E-state index contributed by atoms with van der Waals surface area (Å²) in [4.78, 5) is 12.5. The lowest BCUT2D eigenvalue weighted by molar-refractivity contribution is 0.102. The van der Waals surface area contributed by atoms with Crippen molar-refractivity contribution in [3.63, 3.8) is 0 Å². The van der Waals surface area contributed by atoms with Crippen molar-refractivity contribution >= 4 is 44.8 Å². The maximum Gasteiger partial charge on any atom is 0.255 e. The smallest absolute Gasteiger partial charge is 0.255 e. The van der Waals surface area contributed by atoms with Gasteiger partial charge in [0, 0.05) is 34.5 Å². The van der Waals surface area contributed by atoms with E-state index in [4.69, 9.17) is 17.3 Å². The van der Waals surface area contributed by atoms with Gasteiger partial charge in [-0.2, -0.15) is 0 Å². The van der Waals surface area contributed by atoms with Gasteiger partial charge in [0.25, 0.3) is 5.91 Å². The number of thioether (sulfide) groups is 1. The molecular formula is C22H22ClF3N2O3S2. The van der Waals surface area contributed by atoms with Crippen LogP contribution in [0.25, 0.3) is 0 Å². The van der Waals surface area contributed by atoms with Gasteiger partial charge in [0.15, 0.2) is 27.3 Å². The number of fused-ring (bicyclic) bond motifs is 2. The third kappa shape index (κ3) is 4.76. The lowest BCUT2D eigenvalue weighted by Gasteiger charge is -2.34. The summed E-state index contributed by atoms with van der Waals surface area (Å²) in [7, 11) is -3.84. The maximum atomic E-state index is 13.6. The minimum absolute atomic E-state index is 0.00303. The molecule has 2 aliphatic rings. The predicted molar refractivity (Wildman–Crippen MR) is 123 cm³/mol. The van der Waals surface area contributed by atoms with E-state index >= 15 is 0 Å². The van der Waals surface area contributed by atoms with E-state index in [0.29, 0.717) is 23.3 Å². The molecule has 2 aliphatic carbocycles. The largest absolute Gasteiger partial charge is 0.322 e. The molecule has 2 bridgehead atoms. The second-order valence-corrected chi connectivity index (χ2v) is 12.2. The summed E-state index contributed by atoms with van der Waals surface area (Å²) in [6, 6.07) is 5.09. The van der Waals surface area contributed by atoms with Crippen molar-refractivity contribution in [3.8, 4) is 0 Å². The Morgan fingerprint density at radius 2 is 1.70 bits per heavy atom. The number of hydrogen-bond donors (Lipinski definition) is 2. The molecular weight excluding hydrogens is 497 g/mol. The molecule has 2 atom stereocenters. The quantitative estimate of drug-likeness (QED) is 0.415. The van der Waals surface area contributed by atoms with E-state index < -0.39 is 38.4 Å². The highest BCUT2D eigenvalue weighted by atomic mass is 35.5. The predicted octanol–water partition coefficient (Wildman–Crippen LogP) is 4.99. The second kappa shape index (κ2) is 9.48. The average molecular weight is 519 g/mol. The monoisotopic (exact) mass is 518 g/mol. The topological polar surface area (TPSA) is 89.3 Å². The van der Waals surface area contributed by atoms with Crippen LogP contribution >= 0.6 is 23.4 Å². The molecule has 2 fully saturated rings. The fourth-order valence-electron chi connectivity index (χ4n) is 5.04. The Morgan fingerprint density at radius 1 is 1.09 bits per heavy atom. The van der Waals surface area contributed by atoms with Crippen LogP contribution in [0.15, 0.2) is 35.2 Å². The van der Waals surface area contributed by atoms with Gasteiger partial charge in [-0.15, -0.1) is 11.8 Å². The molecule has 0 aromatic heterocycles. The van der Waals surface area contributed by atoms with Gasteiger partial charge < -0.3 is 11.1 Å². The third-order valence-corrected chi connectivity index (χ3v) is 10.3. The fraction of sp³-hybridized carbons (Fsp3) is 0.409. The number of rotatable bonds is 6. The van der Waals surface area contributed by atoms with E-state index in [0.717, 1.165) is 25.7 Å². The van der Waals surface area contributed by atoms with E-state index in [1.807, 2.05) is 0 Å². The van der Waals surface area contributed by atoms with Crippen LogP contribution < -0.4 is 11.1 Å². The molecule has 0 spiro atoms. The zero-order valence-corrected chi connectivity index (χ0v) is 19.8. The van der Waals surface area contributed by atoms with Crippen LogP contribution in [-0.2, 0) is 9.84 Å². The molecule has 11 heteroatoms. The Balaban J connectivity index is 1.60. The molecule has 0 heterocycles. The molecule has 3 N–H and O–H groups in total. The third-order valence-electron chi connectivity index (χ3n) is 6.40. The number of halogens is 4. The molecule has 0 aliphatic heterocycles. The Labute approximate surface area is 199 Å². The molecule has 4 rings (SSSR count). The van der Waals surface area contributed by atoms with Crippen molar-refractivity contribution < 1.29 is 26.4 Å². The molecule has 0 radical (unpaired) electrons. The van der Waals surface area contributed by atoms with Gasteiger partial charge in [0.05, 0.1) is 15.2 Å². The van der Waals surface area contributed by atoms with E-state index in [1.54, 1.807) is 11.8 Å². The SMILES string of the molecule is NCSC1CC2CCC(C1)C2S(=O)(=O)c1cc(C(=O)Nc2cc(F)c(F)c(F)c2)ccc1Cl. The van der Waals surface area contributed by atoms with Crippen molar-refractivity contribution in [1.82, 2.24) is 0 Å². The van der Waals surface area contributed by atoms with E-state index in [2.05, 4.69) is 5.32 Å². The standard InChI is InChI=1S/C22H22ClF3N2O3S2/c23-16-4-3-13(22(29)28-14-8-17(24)20(26)18(25)9-14)7-19(16)33(30,31)21-11-1-2-12(21)6-15(5-11)32-10-27/h3-4,7-9,11-12,15,21H,1-2,5-6,10,27H2,(H,28,29). The van der Waals surface area contributed by atoms with Crippen LogP contribution in [-0.4, -0.2) is 30.7 Å². The first kappa shape index (κ1) is 24.4. The molecule has 178 valence electrons. The number of amides is 1. The lowest BCUT2D eigenvalue weighted by Crippen LogP contribution is -2.38. The van der Waals surface area contributed by atoms with Crippen LogP contribution in [0, 0.1) is 29.3 Å². The Kier molecular flexibility index (Phi) is 7.00. The number of nitrogens with one attached hydrogen (secondary N) is 1. The summed E-state index contributed by atoms with van der Waals surface area (Å²) in [5.41, 5.74) is 5.30. The second-order valence-electron chi connectivity index (χ2n) is 8.39. The minimum atomic E-state index is -3.84. The maximum absolute atomic E-state index is 13.6. The van der Waals surface area contributed by atoms with Crippen LogP contribution in [0.4, 0.5) is 18.9 Å². The number of carbonyl (C=O) groups excluding carboxylic acids is 1. The van der Waals surface area contributed by atoms with E-state index in [1.165, 1.54) is 18.2 Å². The number of sulfone groups is 1. The van der Waals surface area contributed by atoms with Crippen molar-refractivity contribution in [2.45, 2.75) is 41.1 Å². The van der Waals surface area contributed by atoms with Gasteiger partial charge in [-0.05, 0) is 55.7 Å². The van der Waals surface area contributed by atoms with E-state index in [9.17, 15) is 26.4 Å². The van der Waals surface area contributed by atoms with Crippen molar-refractivity contribution in [1.29, 1.82) is 0 Å².